The van der Waals surface area contributed by atoms with E-state index in [-0.39, 0.29) is 0 Å². The van der Waals surface area contributed by atoms with Crippen LogP contribution in [0.25, 0.3) is 0 Å². The lowest BCUT2D eigenvalue weighted by molar-refractivity contribution is 0.476. The lowest BCUT2D eigenvalue weighted by Crippen LogP contribution is -2.23. The van der Waals surface area contributed by atoms with Gasteiger partial charge in [0.05, 0.1) is 5.75 Å². The van der Waals surface area contributed by atoms with Gasteiger partial charge in [0.1, 0.15) is 9.84 Å². The highest BCUT2D eigenvalue weighted by atomic mass is 32.2. The molecule has 0 aliphatic heterocycles. The molecule has 3 nitrogen and oxygen atoms in total. The van der Waals surface area contributed by atoms with E-state index >= 15 is 0 Å². The van der Waals surface area contributed by atoms with Crippen LogP contribution in [0, 0.1) is 5.92 Å². The molecule has 0 spiro atoms. The van der Waals surface area contributed by atoms with Crippen LogP contribution >= 0.6 is 0 Å². The average Bonchev–Trinajstić information content (AvgIpc) is 2.02. The number of rotatable bonds is 8. The van der Waals surface area contributed by atoms with Gasteiger partial charge in [-0.05, 0) is 31.8 Å². The Morgan fingerprint density at radius 1 is 1.36 bits per heavy atom. The van der Waals surface area contributed by atoms with Gasteiger partial charge in [-0.3, -0.25) is 0 Å². The van der Waals surface area contributed by atoms with Crippen LogP contribution in [0.1, 0.15) is 33.1 Å². The van der Waals surface area contributed by atoms with Crippen molar-refractivity contribution < 1.29 is 8.42 Å². The molecule has 1 unspecified atom stereocenters. The normalized spacial score (nSPS) is 14.2. The first-order chi connectivity index (χ1) is 6.45. The van der Waals surface area contributed by atoms with Gasteiger partial charge in [0.25, 0.3) is 0 Å². The number of sulfone groups is 1. The maximum absolute atomic E-state index is 10.8. The molecule has 0 saturated carbocycles. The van der Waals surface area contributed by atoms with E-state index in [0.29, 0.717) is 11.7 Å². The maximum Gasteiger partial charge on any atom is 0.147 e. The Morgan fingerprint density at radius 3 is 2.50 bits per heavy atom. The summed E-state index contributed by atoms with van der Waals surface area (Å²) in [7, 11) is -2.78. The molecule has 0 aromatic rings. The van der Waals surface area contributed by atoms with E-state index in [0.717, 1.165) is 19.5 Å². The number of hydrogen-bond donors (Lipinski definition) is 1. The Hall–Kier alpha value is -0.0900. The first-order valence-electron chi connectivity index (χ1n) is 5.34. The number of hydrogen-bond acceptors (Lipinski definition) is 3. The fraction of sp³-hybridized carbons (Fsp3) is 1.00. The summed E-state index contributed by atoms with van der Waals surface area (Å²) in [5.74, 6) is 0.987. The Bertz CT molecular complexity index is 224. The van der Waals surface area contributed by atoms with Gasteiger partial charge in [0.15, 0.2) is 0 Å². The molecule has 4 heteroatoms. The monoisotopic (exact) mass is 221 g/mol. The van der Waals surface area contributed by atoms with Crippen molar-refractivity contribution in [3.05, 3.63) is 0 Å². The summed E-state index contributed by atoms with van der Waals surface area (Å²) in [6.45, 7) is 6.20. The van der Waals surface area contributed by atoms with Gasteiger partial charge in [-0.2, -0.15) is 0 Å². The van der Waals surface area contributed by atoms with Gasteiger partial charge in [-0.1, -0.05) is 20.3 Å². The second-order valence-corrected chi connectivity index (χ2v) is 6.34. The molecular weight excluding hydrogens is 198 g/mol. The molecule has 0 rings (SSSR count). The molecule has 86 valence electrons. The zero-order valence-corrected chi connectivity index (χ0v) is 10.4. The zero-order chi connectivity index (χ0) is 11.0. The largest absolute Gasteiger partial charge is 0.316 e. The van der Waals surface area contributed by atoms with E-state index in [1.807, 2.05) is 0 Å². The minimum atomic E-state index is -2.78. The summed E-state index contributed by atoms with van der Waals surface area (Å²) in [5, 5.41) is 3.28. The highest BCUT2D eigenvalue weighted by Crippen LogP contribution is 2.02. The van der Waals surface area contributed by atoms with Crippen molar-refractivity contribution in [2.24, 2.45) is 5.92 Å². The molecule has 0 heterocycles. The van der Waals surface area contributed by atoms with Gasteiger partial charge in [0.2, 0.25) is 0 Å². The highest BCUT2D eigenvalue weighted by molar-refractivity contribution is 7.90. The van der Waals surface area contributed by atoms with Crippen molar-refractivity contribution in [1.29, 1.82) is 0 Å². The molecule has 0 aliphatic carbocycles. The van der Waals surface area contributed by atoms with Gasteiger partial charge in [0, 0.05) is 6.26 Å². The van der Waals surface area contributed by atoms with Crippen LogP contribution in [0.5, 0.6) is 0 Å². The molecule has 1 N–H and O–H groups in total. The standard InChI is InChI=1S/C10H23NO2S/c1-4-6-10(2)9-11-7-5-8-14(3,12)13/h10-11H,4-9H2,1-3H3. The summed E-state index contributed by atoms with van der Waals surface area (Å²) >= 11 is 0. The minimum absolute atomic E-state index is 0.294. The third-order valence-electron chi connectivity index (χ3n) is 2.14. The molecule has 14 heavy (non-hydrogen) atoms. The average molecular weight is 221 g/mol. The van der Waals surface area contributed by atoms with Crippen molar-refractivity contribution in [3.8, 4) is 0 Å². The Morgan fingerprint density at radius 2 is 2.00 bits per heavy atom. The van der Waals surface area contributed by atoms with E-state index < -0.39 is 9.84 Å². The summed E-state index contributed by atoms with van der Waals surface area (Å²) in [6.07, 6.45) is 4.45. The molecule has 0 radical (unpaired) electrons. The fourth-order valence-corrected chi connectivity index (χ4v) is 2.07. The molecule has 0 aromatic carbocycles. The second-order valence-electron chi connectivity index (χ2n) is 4.08. The molecule has 1 atom stereocenters. The molecule has 0 amide bonds. The van der Waals surface area contributed by atoms with E-state index in [4.69, 9.17) is 0 Å². The topological polar surface area (TPSA) is 46.2 Å². The van der Waals surface area contributed by atoms with Crippen LogP contribution in [0.3, 0.4) is 0 Å². The van der Waals surface area contributed by atoms with Gasteiger partial charge in [-0.25, -0.2) is 8.42 Å². The second kappa shape index (κ2) is 7.23. The van der Waals surface area contributed by atoms with Crippen molar-refractivity contribution in [3.63, 3.8) is 0 Å². The van der Waals surface area contributed by atoms with Crippen LogP contribution in [0.4, 0.5) is 0 Å². The third-order valence-corrected chi connectivity index (χ3v) is 3.17. The summed E-state index contributed by atoms with van der Waals surface area (Å²) in [5.41, 5.74) is 0. The summed E-state index contributed by atoms with van der Waals surface area (Å²) < 4.78 is 21.6. The van der Waals surface area contributed by atoms with Crippen LogP contribution in [0.15, 0.2) is 0 Å². The van der Waals surface area contributed by atoms with Crippen molar-refractivity contribution in [2.45, 2.75) is 33.1 Å². The van der Waals surface area contributed by atoms with Gasteiger partial charge in [-0.15, -0.1) is 0 Å². The SMILES string of the molecule is CCCC(C)CNCCCS(C)(=O)=O. The van der Waals surface area contributed by atoms with Crippen LogP contribution in [-0.2, 0) is 9.84 Å². The Balaban J connectivity index is 3.30. The molecule has 0 bridgehead atoms. The molecule has 0 aliphatic rings. The van der Waals surface area contributed by atoms with Crippen molar-refractivity contribution in [1.82, 2.24) is 5.32 Å². The lowest BCUT2D eigenvalue weighted by Gasteiger charge is -2.10. The van der Waals surface area contributed by atoms with Crippen molar-refractivity contribution >= 4 is 9.84 Å². The maximum atomic E-state index is 10.8. The smallest absolute Gasteiger partial charge is 0.147 e. The Kier molecular flexibility index (Phi) is 7.19. The van der Waals surface area contributed by atoms with Crippen LogP contribution in [-0.4, -0.2) is 33.5 Å². The van der Waals surface area contributed by atoms with Crippen LogP contribution < -0.4 is 5.32 Å². The molecule has 0 aromatic heterocycles. The third kappa shape index (κ3) is 9.99. The first-order valence-corrected chi connectivity index (χ1v) is 7.40. The first kappa shape index (κ1) is 13.9. The predicted octanol–water partition coefficient (Wildman–Crippen LogP) is 1.45. The van der Waals surface area contributed by atoms with E-state index in [1.165, 1.54) is 19.1 Å². The van der Waals surface area contributed by atoms with Crippen LogP contribution in [0.2, 0.25) is 0 Å². The summed E-state index contributed by atoms with van der Waals surface area (Å²) in [4.78, 5) is 0. The highest BCUT2D eigenvalue weighted by Gasteiger charge is 2.02. The van der Waals surface area contributed by atoms with Crippen molar-refractivity contribution in [2.75, 3.05) is 25.1 Å². The minimum Gasteiger partial charge on any atom is -0.316 e. The van der Waals surface area contributed by atoms with E-state index in [1.54, 1.807) is 0 Å². The van der Waals surface area contributed by atoms with E-state index in [9.17, 15) is 8.42 Å². The lowest BCUT2D eigenvalue weighted by atomic mass is 10.1. The molecule has 0 fully saturated rings. The quantitative estimate of drug-likeness (QED) is 0.631. The molecular formula is C10H23NO2S. The van der Waals surface area contributed by atoms with Gasteiger partial charge < -0.3 is 5.32 Å². The summed E-state index contributed by atoms with van der Waals surface area (Å²) in [6, 6.07) is 0. The van der Waals surface area contributed by atoms with Gasteiger partial charge >= 0.3 is 0 Å². The molecule has 0 saturated heterocycles. The number of nitrogens with one attached hydrogen (secondary N) is 1. The Labute approximate surface area is 88.2 Å². The fourth-order valence-electron chi connectivity index (χ4n) is 1.40. The predicted molar refractivity (Wildman–Crippen MR) is 61.3 cm³/mol. The zero-order valence-electron chi connectivity index (χ0n) is 9.54. The van der Waals surface area contributed by atoms with E-state index in [2.05, 4.69) is 19.2 Å².